The van der Waals surface area contributed by atoms with E-state index in [1.165, 1.54) is 11.3 Å². The Balaban J connectivity index is 1.72. The van der Waals surface area contributed by atoms with Gasteiger partial charge in [0, 0.05) is 10.9 Å². The predicted octanol–water partition coefficient (Wildman–Crippen LogP) is 5.86. The van der Waals surface area contributed by atoms with E-state index >= 15 is 0 Å². The lowest BCUT2D eigenvalue weighted by Gasteiger charge is -2.26. The predicted molar refractivity (Wildman–Crippen MR) is 144 cm³/mol. The lowest BCUT2D eigenvalue weighted by Crippen LogP contribution is -2.48. The van der Waals surface area contributed by atoms with Crippen LogP contribution in [0.5, 0.6) is 0 Å². The Morgan fingerprint density at radius 1 is 0.973 bits per heavy atom. The van der Waals surface area contributed by atoms with Crippen molar-refractivity contribution in [1.29, 1.82) is 0 Å². The molecule has 0 saturated heterocycles. The molecule has 1 atom stereocenters. The lowest BCUT2D eigenvalue weighted by atomic mass is 9.97. The Hall–Kier alpha value is -3.78. The van der Waals surface area contributed by atoms with Crippen LogP contribution in [0.2, 0.25) is 0 Å². The molecule has 0 radical (unpaired) electrons. The van der Waals surface area contributed by atoms with Gasteiger partial charge < -0.3 is 10.1 Å². The molecule has 8 heteroatoms. The number of ether oxygens (including phenoxy) is 1. The molecule has 1 aliphatic heterocycles. The van der Waals surface area contributed by atoms with Crippen LogP contribution >= 0.6 is 11.3 Å². The van der Waals surface area contributed by atoms with E-state index < -0.39 is 29.7 Å². The van der Waals surface area contributed by atoms with Gasteiger partial charge in [0.15, 0.2) is 0 Å². The van der Waals surface area contributed by atoms with Crippen molar-refractivity contribution in [2.45, 2.75) is 47.1 Å². The zero-order valence-electron chi connectivity index (χ0n) is 21.6. The van der Waals surface area contributed by atoms with Gasteiger partial charge in [0.25, 0.3) is 11.8 Å². The molecule has 2 aromatic carbocycles. The summed E-state index contributed by atoms with van der Waals surface area (Å²) in [6.45, 7) is 9.71. The molecular weight excluding hydrogens is 488 g/mol. The summed E-state index contributed by atoms with van der Waals surface area (Å²) in [5.74, 6) is -2.03. The quantitative estimate of drug-likeness (QED) is 0.298. The van der Waals surface area contributed by atoms with Crippen molar-refractivity contribution in [3.05, 3.63) is 75.7 Å². The minimum Gasteiger partial charge on any atom is -0.462 e. The van der Waals surface area contributed by atoms with Gasteiger partial charge in [0.1, 0.15) is 16.6 Å². The molecule has 0 bridgehead atoms. The fourth-order valence-electron chi connectivity index (χ4n) is 4.63. The highest BCUT2D eigenvalue weighted by atomic mass is 32.1. The van der Waals surface area contributed by atoms with E-state index in [1.807, 2.05) is 51.3 Å². The number of nitrogens with zero attached hydrogens (tertiary/aromatic N) is 1. The van der Waals surface area contributed by atoms with Gasteiger partial charge in [-0.3, -0.25) is 19.3 Å². The summed E-state index contributed by atoms with van der Waals surface area (Å²) in [4.78, 5) is 54.1. The maximum Gasteiger partial charge on any atom is 0.341 e. The number of imide groups is 1. The van der Waals surface area contributed by atoms with Crippen molar-refractivity contribution < 1.29 is 23.9 Å². The first-order valence-electron chi connectivity index (χ1n) is 12.3. The number of fused-ring (bicyclic) bond motifs is 1. The molecule has 4 rings (SSSR count). The summed E-state index contributed by atoms with van der Waals surface area (Å²) in [6.07, 6.45) is 0.279. The smallest absolute Gasteiger partial charge is 0.341 e. The van der Waals surface area contributed by atoms with Crippen molar-refractivity contribution in [1.82, 2.24) is 4.90 Å². The summed E-state index contributed by atoms with van der Waals surface area (Å²) in [6, 6.07) is 11.5. The molecule has 37 heavy (non-hydrogen) atoms. The molecule has 3 amide bonds. The minimum atomic E-state index is -1.03. The lowest BCUT2D eigenvalue weighted by molar-refractivity contribution is -0.120. The van der Waals surface area contributed by atoms with E-state index in [0.29, 0.717) is 10.6 Å². The molecule has 0 aliphatic carbocycles. The Bertz CT molecular complexity index is 1360. The van der Waals surface area contributed by atoms with Crippen LogP contribution < -0.4 is 5.32 Å². The second kappa shape index (κ2) is 10.7. The SMILES string of the molecule is CCOC(=O)c1c(-c2ccc(C)cc2C)csc1NC(=O)C(CC(C)C)N1C(=O)c2ccccc2C1=O. The highest BCUT2D eigenvalue weighted by Crippen LogP contribution is 2.38. The van der Waals surface area contributed by atoms with E-state index in [0.717, 1.165) is 21.6 Å². The summed E-state index contributed by atoms with van der Waals surface area (Å²) in [5.41, 5.74) is 4.45. The molecule has 2 heterocycles. The van der Waals surface area contributed by atoms with Gasteiger partial charge in [-0.1, -0.05) is 49.7 Å². The van der Waals surface area contributed by atoms with Crippen LogP contribution in [0.4, 0.5) is 5.00 Å². The zero-order chi connectivity index (χ0) is 26.9. The fourth-order valence-corrected chi connectivity index (χ4v) is 5.58. The number of anilines is 1. The van der Waals surface area contributed by atoms with E-state index in [9.17, 15) is 19.2 Å². The maximum absolute atomic E-state index is 13.7. The summed E-state index contributed by atoms with van der Waals surface area (Å²) >= 11 is 1.21. The van der Waals surface area contributed by atoms with Crippen LogP contribution in [0.1, 0.15) is 69.4 Å². The Labute approximate surface area is 220 Å². The first kappa shape index (κ1) is 26.3. The highest BCUT2D eigenvalue weighted by molar-refractivity contribution is 7.15. The average molecular weight is 519 g/mol. The molecule has 1 aliphatic rings. The standard InChI is InChI=1S/C29H30N2O5S/c1-6-36-29(35)24-22(19-12-11-17(4)14-18(19)5)15-37-26(24)30-25(32)23(13-16(2)3)31-27(33)20-9-7-8-10-21(20)28(31)34/h7-12,14-16,23H,6,13H2,1-5H3,(H,30,32). The van der Waals surface area contributed by atoms with Gasteiger partial charge >= 0.3 is 5.97 Å². The van der Waals surface area contributed by atoms with E-state index in [2.05, 4.69) is 5.32 Å². The topological polar surface area (TPSA) is 92.8 Å². The van der Waals surface area contributed by atoms with Gasteiger partial charge in [-0.05, 0) is 56.4 Å². The number of hydrogen-bond donors (Lipinski definition) is 1. The number of aryl methyl sites for hydroxylation is 2. The molecule has 192 valence electrons. The van der Waals surface area contributed by atoms with Gasteiger partial charge in [-0.25, -0.2) is 4.79 Å². The van der Waals surface area contributed by atoms with Crippen molar-refractivity contribution in [3.63, 3.8) is 0 Å². The minimum absolute atomic E-state index is 0.0266. The summed E-state index contributed by atoms with van der Waals surface area (Å²) in [7, 11) is 0. The molecule has 1 unspecified atom stereocenters. The Kier molecular flexibility index (Phi) is 7.59. The average Bonchev–Trinajstić information content (AvgIpc) is 3.36. The number of nitrogens with one attached hydrogen (secondary N) is 1. The number of benzene rings is 2. The Morgan fingerprint density at radius 3 is 2.19 bits per heavy atom. The van der Waals surface area contributed by atoms with E-state index in [4.69, 9.17) is 4.74 Å². The molecule has 7 nitrogen and oxygen atoms in total. The number of rotatable bonds is 8. The highest BCUT2D eigenvalue weighted by Gasteiger charge is 2.43. The first-order valence-corrected chi connectivity index (χ1v) is 13.2. The number of hydrogen-bond acceptors (Lipinski definition) is 6. The number of carbonyl (C=O) groups excluding carboxylic acids is 4. The zero-order valence-corrected chi connectivity index (χ0v) is 22.4. The number of thiophene rings is 1. The second-order valence-corrected chi connectivity index (χ2v) is 10.4. The van der Waals surface area contributed by atoms with Gasteiger partial charge in [0.2, 0.25) is 5.91 Å². The van der Waals surface area contributed by atoms with Crippen molar-refractivity contribution in [2.24, 2.45) is 5.92 Å². The largest absolute Gasteiger partial charge is 0.462 e. The second-order valence-electron chi connectivity index (χ2n) is 9.55. The van der Waals surface area contributed by atoms with Crippen molar-refractivity contribution in [2.75, 3.05) is 11.9 Å². The number of amides is 3. The molecule has 3 aromatic rings. The van der Waals surface area contributed by atoms with Gasteiger partial charge in [-0.2, -0.15) is 0 Å². The van der Waals surface area contributed by atoms with Crippen LogP contribution in [-0.4, -0.2) is 41.2 Å². The van der Waals surface area contributed by atoms with Crippen LogP contribution in [0.3, 0.4) is 0 Å². The molecule has 1 aromatic heterocycles. The van der Waals surface area contributed by atoms with E-state index in [1.54, 1.807) is 31.2 Å². The van der Waals surface area contributed by atoms with Crippen LogP contribution in [-0.2, 0) is 9.53 Å². The first-order chi connectivity index (χ1) is 17.6. The fraction of sp³-hybridized carbons (Fsp3) is 0.310. The van der Waals surface area contributed by atoms with Crippen LogP contribution in [0, 0.1) is 19.8 Å². The third-order valence-electron chi connectivity index (χ3n) is 6.31. The van der Waals surface area contributed by atoms with Crippen molar-refractivity contribution >= 4 is 40.0 Å². The van der Waals surface area contributed by atoms with Gasteiger partial charge in [0.05, 0.1) is 17.7 Å². The van der Waals surface area contributed by atoms with Crippen LogP contribution in [0.15, 0.2) is 47.8 Å². The maximum atomic E-state index is 13.7. The van der Waals surface area contributed by atoms with Gasteiger partial charge in [-0.15, -0.1) is 11.3 Å². The van der Waals surface area contributed by atoms with E-state index in [-0.39, 0.29) is 35.6 Å². The molecule has 0 saturated carbocycles. The molecule has 1 N–H and O–H groups in total. The monoisotopic (exact) mass is 518 g/mol. The number of carbonyl (C=O) groups is 4. The summed E-state index contributed by atoms with van der Waals surface area (Å²) in [5, 5.41) is 5.00. The number of esters is 1. The van der Waals surface area contributed by atoms with Crippen LogP contribution in [0.25, 0.3) is 11.1 Å². The third kappa shape index (κ3) is 5.06. The molecule has 0 fully saturated rings. The van der Waals surface area contributed by atoms with Crippen molar-refractivity contribution in [3.8, 4) is 11.1 Å². The molecular formula is C29H30N2O5S. The normalized spacial score (nSPS) is 13.6. The summed E-state index contributed by atoms with van der Waals surface area (Å²) < 4.78 is 5.33. The molecule has 0 spiro atoms. The Morgan fingerprint density at radius 2 is 1.62 bits per heavy atom. The third-order valence-corrected chi connectivity index (χ3v) is 7.21.